The van der Waals surface area contributed by atoms with Crippen molar-refractivity contribution in [2.24, 2.45) is 0 Å². The number of hydrogen-bond acceptors (Lipinski definition) is 3. The van der Waals surface area contributed by atoms with Crippen LogP contribution in [0.25, 0.3) is 10.9 Å². The number of fused-ring (bicyclic) bond motifs is 1. The lowest BCUT2D eigenvalue weighted by Crippen LogP contribution is -2.08. The number of rotatable bonds is 6. The van der Waals surface area contributed by atoms with E-state index < -0.39 is 0 Å². The molecule has 1 heterocycles. The van der Waals surface area contributed by atoms with Crippen LogP contribution in [0.15, 0.2) is 18.2 Å². The predicted molar refractivity (Wildman–Crippen MR) is 90.5 cm³/mol. The molecule has 2 rings (SSSR count). The number of aromatic nitrogens is 1. The Hall–Kier alpha value is -1.77. The molecule has 0 aliphatic carbocycles. The molecule has 0 aliphatic rings. The average molecular weight is 286 g/mol. The number of nitrogens with one attached hydrogen (secondary N) is 1. The molecule has 0 radical (unpaired) electrons. The van der Waals surface area contributed by atoms with Crippen molar-refractivity contribution in [2.45, 2.75) is 47.0 Å². The summed E-state index contributed by atoms with van der Waals surface area (Å²) in [6, 6.07) is 6.18. The second-order valence-electron chi connectivity index (χ2n) is 5.65. The van der Waals surface area contributed by atoms with Crippen LogP contribution >= 0.6 is 0 Å². The molecule has 0 saturated heterocycles. The molecule has 21 heavy (non-hydrogen) atoms. The van der Waals surface area contributed by atoms with Crippen LogP contribution in [0, 0.1) is 6.92 Å². The third kappa shape index (κ3) is 3.12. The van der Waals surface area contributed by atoms with Crippen LogP contribution in [0.3, 0.4) is 0 Å². The first-order valence-electron chi connectivity index (χ1n) is 7.90. The van der Waals surface area contributed by atoms with Crippen LogP contribution in [0.2, 0.25) is 0 Å². The van der Waals surface area contributed by atoms with Crippen molar-refractivity contribution in [3.63, 3.8) is 0 Å². The summed E-state index contributed by atoms with van der Waals surface area (Å²) in [5.41, 5.74) is 4.57. The Labute approximate surface area is 127 Å². The van der Waals surface area contributed by atoms with E-state index in [1.807, 2.05) is 19.1 Å². The van der Waals surface area contributed by atoms with Crippen LogP contribution in [0.4, 0.5) is 5.69 Å². The van der Waals surface area contributed by atoms with E-state index in [1.165, 1.54) is 11.3 Å². The van der Waals surface area contributed by atoms with Gasteiger partial charge in [0.25, 0.3) is 0 Å². The molecule has 0 spiro atoms. The maximum absolute atomic E-state index is 5.74. The lowest BCUT2D eigenvalue weighted by Gasteiger charge is -2.20. The fourth-order valence-electron chi connectivity index (χ4n) is 2.81. The molecule has 0 atom stereocenters. The van der Waals surface area contributed by atoms with Gasteiger partial charge in [-0.15, -0.1) is 0 Å². The Morgan fingerprint density at radius 3 is 2.62 bits per heavy atom. The molecule has 1 aromatic heterocycles. The van der Waals surface area contributed by atoms with Crippen molar-refractivity contribution in [1.82, 2.24) is 4.98 Å². The largest absolute Gasteiger partial charge is 0.492 e. The maximum Gasteiger partial charge on any atom is 0.145 e. The van der Waals surface area contributed by atoms with Gasteiger partial charge in [-0.05, 0) is 37.8 Å². The summed E-state index contributed by atoms with van der Waals surface area (Å²) < 4.78 is 5.74. The van der Waals surface area contributed by atoms with Gasteiger partial charge in [0, 0.05) is 23.3 Å². The van der Waals surface area contributed by atoms with Gasteiger partial charge < -0.3 is 10.1 Å². The molecular weight excluding hydrogens is 260 g/mol. The standard InChI is InChI=1S/C18H26N2O/c1-6-11-19-18-14-9-8-10-15(21-7-2)17(14)20-13(5)16(18)12(3)4/h8-10,12H,6-7,11H2,1-5H3,(H,19,20). The first kappa shape index (κ1) is 15.6. The van der Waals surface area contributed by atoms with Crippen molar-refractivity contribution >= 4 is 16.6 Å². The molecule has 1 N–H and O–H groups in total. The summed E-state index contributed by atoms with van der Waals surface area (Å²) in [5.74, 6) is 1.31. The highest BCUT2D eigenvalue weighted by molar-refractivity contribution is 5.97. The van der Waals surface area contributed by atoms with Gasteiger partial charge in [-0.25, -0.2) is 4.98 Å². The highest BCUT2D eigenvalue weighted by Gasteiger charge is 2.17. The molecule has 0 saturated carbocycles. The summed E-state index contributed by atoms with van der Waals surface area (Å²) in [7, 11) is 0. The molecule has 2 aromatic rings. The lowest BCUT2D eigenvalue weighted by atomic mass is 9.96. The normalized spacial score (nSPS) is 11.1. The van der Waals surface area contributed by atoms with Gasteiger partial charge in [0.15, 0.2) is 0 Å². The van der Waals surface area contributed by atoms with Crippen LogP contribution in [-0.4, -0.2) is 18.1 Å². The van der Waals surface area contributed by atoms with Gasteiger partial charge in [0.2, 0.25) is 0 Å². The molecule has 3 nitrogen and oxygen atoms in total. The Morgan fingerprint density at radius 1 is 1.24 bits per heavy atom. The van der Waals surface area contributed by atoms with Gasteiger partial charge in [-0.2, -0.15) is 0 Å². The summed E-state index contributed by atoms with van der Waals surface area (Å²) in [6.07, 6.45) is 1.10. The lowest BCUT2D eigenvalue weighted by molar-refractivity contribution is 0.343. The summed E-state index contributed by atoms with van der Waals surface area (Å²) in [6.45, 7) is 12.3. The third-order valence-electron chi connectivity index (χ3n) is 3.64. The highest BCUT2D eigenvalue weighted by Crippen LogP contribution is 2.36. The number of benzene rings is 1. The second kappa shape index (κ2) is 6.79. The predicted octanol–water partition coefficient (Wildman–Crippen LogP) is 4.89. The zero-order valence-corrected chi connectivity index (χ0v) is 13.8. The van der Waals surface area contributed by atoms with E-state index >= 15 is 0 Å². The minimum absolute atomic E-state index is 0.442. The van der Waals surface area contributed by atoms with Gasteiger partial charge in [-0.1, -0.05) is 32.9 Å². The van der Waals surface area contributed by atoms with Crippen molar-refractivity contribution in [3.05, 3.63) is 29.5 Å². The maximum atomic E-state index is 5.74. The number of ether oxygens (including phenoxy) is 1. The van der Waals surface area contributed by atoms with E-state index in [9.17, 15) is 0 Å². The van der Waals surface area contributed by atoms with Crippen molar-refractivity contribution in [2.75, 3.05) is 18.5 Å². The van der Waals surface area contributed by atoms with Crippen molar-refractivity contribution in [3.8, 4) is 5.75 Å². The minimum atomic E-state index is 0.442. The number of pyridine rings is 1. The summed E-state index contributed by atoms with van der Waals surface area (Å²) in [5, 5.41) is 4.76. The van der Waals surface area contributed by atoms with Crippen molar-refractivity contribution < 1.29 is 4.74 Å². The topological polar surface area (TPSA) is 34.2 Å². The van der Waals surface area contributed by atoms with Crippen LogP contribution in [0.1, 0.15) is 51.3 Å². The molecule has 0 amide bonds. The van der Waals surface area contributed by atoms with Crippen molar-refractivity contribution in [1.29, 1.82) is 0 Å². The fraction of sp³-hybridized carbons (Fsp3) is 0.500. The van der Waals surface area contributed by atoms with Gasteiger partial charge in [0.05, 0.1) is 6.61 Å². The molecule has 0 fully saturated rings. The smallest absolute Gasteiger partial charge is 0.145 e. The zero-order chi connectivity index (χ0) is 15.4. The quantitative estimate of drug-likeness (QED) is 0.821. The first-order chi connectivity index (χ1) is 10.1. The summed E-state index contributed by atoms with van der Waals surface area (Å²) >= 11 is 0. The third-order valence-corrected chi connectivity index (χ3v) is 3.64. The SMILES string of the molecule is CCCNc1c(C(C)C)c(C)nc2c(OCC)cccc12. The van der Waals surface area contributed by atoms with Gasteiger partial charge >= 0.3 is 0 Å². The number of aryl methyl sites for hydroxylation is 1. The van der Waals surface area contributed by atoms with Gasteiger partial charge in [0.1, 0.15) is 11.3 Å². The number of nitrogens with zero attached hydrogens (tertiary/aromatic N) is 1. The molecule has 3 heteroatoms. The monoisotopic (exact) mass is 286 g/mol. The Morgan fingerprint density at radius 2 is 2.00 bits per heavy atom. The molecule has 0 bridgehead atoms. The summed E-state index contributed by atoms with van der Waals surface area (Å²) in [4.78, 5) is 4.82. The molecule has 0 unspecified atom stereocenters. The van der Waals surface area contributed by atoms with E-state index in [1.54, 1.807) is 0 Å². The Kier molecular flexibility index (Phi) is 5.05. The number of hydrogen-bond donors (Lipinski definition) is 1. The number of anilines is 1. The second-order valence-corrected chi connectivity index (χ2v) is 5.65. The van der Waals surface area contributed by atoms with Crippen LogP contribution in [-0.2, 0) is 0 Å². The van der Waals surface area contributed by atoms with E-state index in [0.717, 1.165) is 35.3 Å². The van der Waals surface area contributed by atoms with Crippen LogP contribution < -0.4 is 10.1 Å². The first-order valence-corrected chi connectivity index (χ1v) is 7.90. The number of para-hydroxylation sites is 1. The minimum Gasteiger partial charge on any atom is -0.492 e. The van der Waals surface area contributed by atoms with E-state index in [4.69, 9.17) is 9.72 Å². The fourth-order valence-corrected chi connectivity index (χ4v) is 2.81. The Balaban J connectivity index is 2.71. The zero-order valence-electron chi connectivity index (χ0n) is 13.8. The average Bonchev–Trinajstić information content (AvgIpc) is 2.45. The molecule has 1 aromatic carbocycles. The molecular formula is C18H26N2O. The molecule has 114 valence electrons. The van der Waals surface area contributed by atoms with E-state index in [0.29, 0.717) is 12.5 Å². The van der Waals surface area contributed by atoms with Crippen LogP contribution in [0.5, 0.6) is 5.75 Å². The molecule has 0 aliphatic heterocycles. The van der Waals surface area contributed by atoms with E-state index in [-0.39, 0.29) is 0 Å². The Bertz CT molecular complexity index is 620. The highest BCUT2D eigenvalue weighted by atomic mass is 16.5. The van der Waals surface area contributed by atoms with E-state index in [2.05, 4.69) is 39.1 Å². The van der Waals surface area contributed by atoms with Gasteiger partial charge in [-0.3, -0.25) is 0 Å².